The third-order valence-corrected chi connectivity index (χ3v) is 4.56. The third kappa shape index (κ3) is 3.85. The molecular weight excluding hydrogens is 312 g/mol. The van der Waals surface area contributed by atoms with Crippen molar-refractivity contribution in [2.45, 2.75) is 39.3 Å². The van der Waals surface area contributed by atoms with Crippen LogP contribution in [0.5, 0.6) is 5.75 Å². The van der Waals surface area contributed by atoms with Crippen LogP contribution in [0.15, 0.2) is 48.5 Å². The van der Waals surface area contributed by atoms with Gasteiger partial charge in [-0.2, -0.15) is 0 Å². The Kier molecular flexibility index (Phi) is 5.39. The highest BCUT2D eigenvalue weighted by Gasteiger charge is 2.23. The lowest BCUT2D eigenvalue weighted by atomic mass is 10.2. The number of hydrogen-bond donors (Lipinski definition) is 1. The van der Waals surface area contributed by atoms with E-state index in [1.165, 1.54) is 16.9 Å². The van der Waals surface area contributed by atoms with E-state index in [2.05, 4.69) is 41.3 Å². The third-order valence-electron chi connectivity index (χ3n) is 4.56. The molecular formula is C21H27N2O2+. The molecule has 0 radical (unpaired) electrons. The van der Waals surface area contributed by atoms with E-state index in [0.29, 0.717) is 6.54 Å². The molecule has 0 amide bonds. The van der Waals surface area contributed by atoms with Gasteiger partial charge >= 0.3 is 0 Å². The molecule has 3 rings (SSSR count). The molecule has 25 heavy (non-hydrogen) atoms. The molecule has 1 N–H and O–H groups in total. The summed E-state index contributed by atoms with van der Waals surface area (Å²) in [6, 6.07) is 16.2. The van der Waals surface area contributed by atoms with Gasteiger partial charge in [0, 0.05) is 6.42 Å². The molecule has 4 heteroatoms. The molecule has 0 bridgehead atoms. The first-order valence-electron chi connectivity index (χ1n) is 8.93. The Morgan fingerprint density at radius 2 is 1.84 bits per heavy atom. The van der Waals surface area contributed by atoms with Crippen LogP contribution in [0.4, 0.5) is 0 Å². The van der Waals surface area contributed by atoms with Crippen LogP contribution in [0.1, 0.15) is 24.7 Å². The van der Waals surface area contributed by atoms with Crippen molar-refractivity contribution < 1.29 is 14.4 Å². The van der Waals surface area contributed by atoms with Gasteiger partial charge in [-0.25, -0.2) is 9.13 Å². The number of fused-ring (bicyclic) bond motifs is 1. The predicted molar refractivity (Wildman–Crippen MR) is 99.8 cm³/mol. The lowest BCUT2D eigenvalue weighted by molar-refractivity contribution is -0.654. The monoisotopic (exact) mass is 339 g/mol. The van der Waals surface area contributed by atoms with Crippen molar-refractivity contribution in [2.24, 2.45) is 7.05 Å². The number of aryl methyl sites for hydroxylation is 2. The Labute approximate surface area is 149 Å². The second kappa shape index (κ2) is 7.70. The van der Waals surface area contributed by atoms with Crippen LogP contribution in [-0.2, 0) is 20.0 Å². The van der Waals surface area contributed by atoms with Gasteiger partial charge in [0.25, 0.3) is 5.82 Å². The molecule has 1 aromatic heterocycles. The molecule has 0 aliphatic rings. The van der Waals surface area contributed by atoms with Gasteiger partial charge in [0.05, 0.1) is 7.05 Å². The maximum Gasteiger partial charge on any atom is 0.257 e. The van der Waals surface area contributed by atoms with E-state index >= 15 is 0 Å². The average molecular weight is 339 g/mol. The van der Waals surface area contributed by atoms with Crippen molar-refractivity contribution in [3.63, 3.8) is 0 Å². The molecule has 132 valence electrons. The van der Waals surface area contributed by atoms with Crippen molar-refractivity contribution in [2.75, 3.05) is 6.61 Å². The number of ether oxygens (including phenoxy) is 1. The van der Waals surface area contributed by atoms with Gasteiger partial charge in [-0.05, 0) is 37.6 Å². The highest BCUT2D eigenvalue weighted by atomic mass is 16.5. The summed E-state index contributed by atoms with van der Waals surface area (Å²) in [6.07, 6.45) is 1.49. The van der Waals surface area contributed by atoms with Gasteiger partial charge in [0.15, 0.2) is 11.0 Å². The van der Waals surface area contributed by atoms with Gasteiger partial charge in [-0.15, -0.1) is 0 Å². The number of aliphatic hydroxyl groups is 1. The van der Waals surface area contributed by atoms with E-state index in [9.17, 15) is 5.11 Å². The standard InChI is InChI=1S/C21H27N2O2/c1-4-7-21-22(3)19-8-5-6-9-20(19)23(21)14-17(24)15-25-18-12-10-16(2)11-13-18/h5-6,8-13,17,24H,4,7,14-15H2,1-3H3/q+1/t17-/m1/s1. The average Bonchev–Trinajstić information content (AvgIpc) is 2.88. The van der Waals surface area contributed by atoms with Crippen LogP contribution >= 0.6 is 0 Å². The zero-order chi connectivity index (χ0) is 17.8. The quantitative estimate of drug-likeness (QED) is 0.672. The van der Waals surface area contributed by atoms with Crippen LogP contribution < -0.4 is 9.30 Å². The Balaban J connectivity index is 1.77. The number of aliphatic hydroxyl groups excluding tert-OH is 1. The van der Waals surface area contributed by atoms with Gasteiger partial charge in [-0.3, -0.25) is 0 Å². The second-order valence-corrected chi connectivity index (χ2v) is 6.60. The molecule has 0 fully saturated rings. The van der Waals surface area contributed by atoms with Crippen LogP contribution in [0.2, 0.25) is 0 Å². The maximum atomic E-state index is 10.5. The first-order valence-corrected chi connectivity index (χ1v) is 8.93. The van der Waals surface area contributed by atoms with Crippen LogP contribution in [-0.4, -0.2) is 22.4 Å². The Morgan fingerprint density at radius 1 is 1.12 bits per heavy atom. The zero-order valence-electron chi connectivity index (χ0n) is 15.3. The summed E-state index contributed by atoms with van der Waals surface area (Å²) in [7, 11) is 2.10. The molecule has 1 heterocycles. The SMILES string of the molecule is CCCc1n(C[C@@H](O)COc2ccc(C)cc2)c2ccccc2[n+]1C. The van der Waals surface area contributed by atoms with E-state index in [0.717, 1.165) is 24.1 Å². The van der Waals surface area contributed by atoms with Gasteiger partial charge in [0.2, 0.25) is 0 Å². The maximum absolute atomic E-state index is 10.5. The fraction of sp³-hybridized carbons (Fsp3) is 0.381. The summed E-state index contributed by atoms with van der Waals surface area (Å²) in [4.78, 5) is 0. The van der Waals surface area contributed by atoms with Crippen molar-refractivity contribution in [3.05, 3.63) is 59.9 Å². The van der Waals surface area contributed by atoms with Gasteiger partial charge < -0.3 is 9.84 Å². The Bertz CT molecular complexity index is 837. The molecule has 1 atom stereocenters. The summed E-state index contributed by atoms with van der Waals surface area (Å²) < 4.78 is 10.2. The summed E-state index contributed by atoms with van der Waals surface area (Å²) >= 11 is 0. The van der Waals surface area contributed by atoms with Crippen LogP contribution in [0, 0.1) is 6.92 Å². The summed E-state index contributed by atoms with van der Waals surface area (Å²) in [5.74, 6) is 2.03. The number of para-hydroxylation sites is 2. The lowest BCUT2D eigenvalue weighted by Crippen LogP contribution is -2.34. The number of aromatic nitrogens is 2. The zero-order valence-corrected chi connectivity index (χ0v) is 15.3. The van der Waals surface area contributed by atoms with E-state index < -0.39 is 6.10 Å². The minimum absolute atomic E-state index is 0.283. The number of rotatable bonds is 7. The second-order valence-electron chi connectivity index (χ2n) is 6.60. The molecule has 0 saturated carbocycles. The smallest absolute Gasteiger partial charge is 0.257 e. The molecule has 0 aliphatic heterocycles. The number of hydrogen-bond acceptors (Lipinski definition) is 2. The van der Waals surface area contributed by atoms with Gasteiger partial charge in [-0.1, -0.05) is 36.8 Å². The molecule has 3 aromatic rings. The minimum Gasteiger partial charge on any atom is -0.491 e. The van der Waals surface area contributed by atoms with Crippen molar-refractivity contribution in [3.8, 4) is 5.75 Å². The number of benzene rings is 2. The van der Waals surface area contributed by atoms with E-state index in [-0.39, 0.29) is 6.61 Å². The van der Waals surface area contributed by atoms with Crippen LogP contribution in [0.25, 0.3) is 11.0 Å². The van der Waals surface area contributed by atoms with E-state index in [4.69, 9.17) is 4.74 Å². The largest absolute Gasteiger partial charge is 0.491 e. The van der Waals surface area contributed by atoms with Crippen LogP contribution in [0.3, 0.4) is 0 Å². The first kappa shape index (κ1) is 17.5. The predicted octanol–water partition coefficient (Wildman–Crippen LogP) is 3.17. The highest BCUT2D eigenvalue weighted by molar-refractivity contribution is 5.72. The number of imidazole rings is 1. The molecule has 0 aliphatic carbocycles. The van der Waals surface area contributed by atoms with Crippen molar-refractivity contribution in [1.82, 2.24) is 4.57 Å². The molecule has 0 saturated heterocycles. The van der Waals surface area contributed by atoms with E-state index in [1.54, 1.807) is 0 Å². The topological polar surface area (TPSA) is 38.3 Å². The Morgan fingerprint density at radius 3 is 2.56 bits per heavy atom. The van der Waals surface area contributed by atoms with Gasteiger partial charge in [0.1, 0.15) is 25.0 Å². The molecule has 2 aromatic carbocycles. The highest BCUT2D eigenvalue weighted by Crippen LogP contribution is 2.17. The number of nitrogens with zero attached hydrogens (tertiary/aromatic N) is 2. The molecule has 0 spiro atoms. The summed E-state index contributed by atoms with van der Waals surface area (Å²) in [6.45, 7) is 5.04. The van der Waals surface area contributed by atoms with E-state index in [1.807, 2.05) is 37.3 Å². The first-order chi connectivity index (χ1) is 12.1. The fourth-order valence-corrected chi connectivity index (χ4v) is 3.26. The fourth-order valence-electron chi connectivity index (χ4n) is 3.26. The van der Waals surface area contributed by atoms with Crippen molar-refractivity contribution in [1.29, 1.82) is 0 Å². The van der Waals surface area contributed by atoms with Crippen molar-refractivity contribution >= 4 is 11.0 Å². The summed E-state index contributed by atoms with van der Waals surface area (Å²) in [5, 5.41) is 10.5. The normalized spacial score (nSPS) is 12.5. The summed E-state index contributed by atoms with van der Waals surface area (Å²) in [5.41, 5.74) is 3.55. The minimum atomic E-state index is -0.562. The lowest BCUT2D eigenvalue weighted by Gasteiger charge is -2.12. The Hall–Kier alpha value is -2.33. The molecule has 4 nitrogen and oxygen atoms in total. The molecule has 0 unspecified atom stereocenters.